The van der Waals surface area contributed by atoms with Crippen molar-refractivity contribution in [1.82, 2.24) is 0 Å². The van der Waals surface area contributed by atoms with Gasteiger partial charge in [0.15, 0.2) is 0 Å². The van der Waals surface area contributed by atoms with Gasteiger partial charge in [0.1, 0.15) is 18.0 Å². The number of hydrogen-bond acceptors (Lipinski definition) is 4. The second-order valence-electron chi connectivity index (χ2n) is 5.02. The van der Waals surface area contributed by atoms with E-state index in [0.29, 0.717) is 5.75 Å². The maximum Gasteiger partial charge on any atom is 0.150 e. The van der Waals surface area contributed by atoms with E-state index in [1.807, 2.05) is 60.0 Å². The molecular weight excluding hydrogens is 310 g/mol. The Bertz CT molecular complexity index is 828. The van der Waals surface area contributed by atoms with E-state index in [1.165, 1.54) is 0 Å². The predicted molar refractivity (Wildman–Crippen MR) is 91.7 cm³/mol. The largest absolute Gasteiger partial charge is 0.482 e. The molecule has 0 saturated carbocycles. The van der Waals surface area contributed by atoms with Gasteiger partial charge < -0.3 is 9.84 Å². The molecule has 23 heavy (non-hydrogen) atoms. The van der Waals surface area contributed by atoms with Crippen LogP contribution in [0.4, 0.5) is 0 Å². The van der Waals surface area contributed by atoms with E-state index in [9.17, 15) is 5.11 Å². The lowest BCUT2D eigenvalue weighted by atomic mass is 10.0. The summed E-state index contributed by atoms with van der Waals surface area (Å²) < 4.78 is 7.23. The smallest absolute Gasteiger partial charge is 0.150 e. The van der Waals surface area contributed by atoms with Crippen molar-refractivity contribution in [1.29, 1.82) is 0 Å². The molecule has 1 N–H and O–H groups in total. The van der Waals surface area contributed by atoms with E-state index in [-0.39, 0.29) is 6.54 Å². The van der Waals surface area contributed by atoms with Crippen molar-refractivity contribution in [3.05, 3.63) is 76.0 Å². The third-order valence-electron chi connectivity index (χ3n) is 3.52. The van der Waals surface area contributed by atoms with Crippen molar-refractivity contribution in [3.8, 4) is 5.75 Å². The van der Waals surface area contributed by atoms with Crippen LogP contribution in [0, 0.1) is 0 Å². The first-order chi connectivity index (χ1) is 11.3. The number of rotatable bonds is 6. The van der Waals surface area contributed by atoms with E-state index in [4.69, 9.17) is 10.3 Å². The number of aliphatic hydroxyl groups excluding tert-OH is 1. The fraction of sp³-hybridized carbons (Fsp3) is 0.176. The van der Waals surface area contributed by atoms with Crippen LogP contribution in [0.3, 0.4) is 0 Å². The van der Waals surface area contributed by atoms with Crippen LogP contribution < -0.4 is 4.74 Å². The number of fused-ring (bicyclic) bond motifs is 1. The second kappa shape index (κ2) is 7.15. The SMILES string of the molecule is [N-]=[N+]=NC[C@H](O)[C@H](Oc1cccc2sccc12)c1ccccc1. The van der Waals surface area contributed by atoms with Gasteiger partial charge in [-0.15, -0.1) is 11.3 Å². The Morgan fingerprint density at radius 2 is 1.96 bits per heavy atom. The molecule has 0 radical (unpaired) electrons. The van der Waals surface area contributed by atoms with Crippen LogP contribution in [-0.4, -0.2) is 17.8 Å². The first kappa shape index (κ1) is 15.4. The summed E-state index contributed by atoms with van der Waals surface area (Å²) in [5, 5.41) is 16.9. The Labute approximate surface area is 137 Å². The lowest BCUT2D eigenvalue weighted by molar-refractivity contribution is 0.0424. The Hall–Kier alpha value is -2.53. The average Bonchev–Trinajstić information content (AvgIpc) is 3.07. The number of hydrogen-bond donors (Lipinski definition) is 1. The fourth-order valence-electron chi connectivity index (χ4n) is 2.43. The third kappa shape index (κ3) is 3.46. The minimum absolute atomic E-state index is 0.0460. The molecule has 6 heteroatoms. The van der Waals surface area contributed by atoms with Gasteiger partial charge in [-0.05, 0) is 34.7 Å². The summed E-state index contributed by atoms with van der Waals surface area (Å²) in [5.41, 5.74) is 9.31. The van der Waals surface area contributed by atoms with Gasteiger partial charge in [-0.3, -0.25) is 0 Å². The van der Waals surface area contributed by atoms with Crippen LogP contribution in [0.2, 0.25) is 0 Å². The fourth-order valence-corrected chi connectivity index (χ4v) is 3.24. The first-order valence-corrected chi connectivity index (χ1v) is 8.04. The molecule has 0 aliphatic carbocycles. The van der Waals surface area contributed by atoms with Crippen molar-refractivity contribution >= 4 is 21.4 Å². The van der Waals surface area contributed by atoms with E-state index in [2.05, 4.69) is 10.0 Å². The molecule has 1 aromatic heterocycles. The zero-order valence-electron chi connectivity index (χ0n) is 12.2. The summed E-state index contributed by atoms with van der Waals surface area (Å²) in [6.45, 7) is -0.0460. The van der Waals surface area contributed by atoms with Crippen molar-refractivity contribution in [3.63, 3.8) is 0 Å². The molecular formula is C17H15N3O2S. The zero-order valence-corrected chi connectivity index (χ0v) is 13.1. The molecule has 3 aromatic rings. The summed E-state index contributed by atoms with van der Waals surface area (Å²) in [4.78, 5) is 2.71. The van der Waals surface area contributed by atoms with Crippen LogP contribution in [0.15, 0.2) is 65.1 Å². The summed E-state index contributed by atoms with van der Waals surface area (Å²) >= 11 is 1.64. The molecule has 0 saturated heterocycles. The normalized spacial score (nSPS) is 13.3. The van der Waals surface area contributed by atoms with Crippen LogP contribution in [-0.2, 0) is 0 Å². The molecule has 0 unspecified atom stereocenters. The monoisotopic (exact) mass is 325 g/mol. The van der Waals surface area contributed by atoms with Crippen molar-refractivity contribution in [2.45, 2.75) is 12.2 Å². The average molecular weight is 325 g/mol. The highest BCUT2D eigenvalue weighted by Gasteiger charge is 2.23. The maximum absolute atomic E-state index is 10.4. The highest BCUT2D eigenvalue weighted by Crippen LogP contribution is 2.33. The first-order valence-electron chi connectivity index (χ1n) is 7.16. The van der Waals surface area contributed by atoms with Crippen molar-refractivity contribution in [2.75, 3.05) is 6.54 Å². The van der Waals surface area contributed by atoms with E-state index >= 15 is 0 Å². The lowest BCUT2D eigenvalue weighted by Gasteiger charge is -2.24. The van der Waals surface area contributed by atoms with E-state index in [0.717, 1.165) is 15.6 Å². The van der Waals surface area contributed by atoms with Gasteiger partial charge in [0, 0.05) is 15.0 Å². The lowest BCUT2D eigenvalue weighted by Crippen LogP contribution is -2.26. The van der Waals surface area contributed by atoms with Crippen LogP contribution in [0.5, 0.6) is 5.75 Å². The molecule has 2 atom stereocenters. The van der Waals surface area contributed by atoms with E-state index < -0.39 is 12.2 Å². The minimum Gasteiger partial charge on any atom is -0.482 e. The number of nitrogens with zero attached hydrogens (tertiary/aromatic N) is 3. The second-order valence-corrected chi connectivity index (χ2v) is 5.97. The van der Waals surface area contributed by atoms with Crippen molar-refractivity contribution in [2.24, 2.45) is 5.11 Å². The molecule has 1 heterocycles. The van der Waals surface area contributed by atoms with Crippen LogP contribution in [0.1, 0.15) is 11.7 Å². The van der Waals surface area contributed by atoms with Crippen LogP contribution in [0.25, 0.3) is 20.5 Å². The van der Waals surface area contributed by atoms with Gasteiger partial charge in [-0.2, -0.15) is 0 Å². The molecule has 0 amide bonds. The number of aliphatic hydroxyl groups is 1. The number of benzene rings is 2. The Morgan fingerprint density at radius 1 is 1.13 bits per heavy atom. The van der Waals surface area contributed by atoms with Gasteiger partial charge in [0.2, 0.25) is 0 Å². The number of ether oxygens (including phenoxy) is 1. The molecule has 0 fully saturated rings. The van der Waals surface area contributed by atoms with Crippen molar-refractivity contribution < 1.29 is 9.84 Å². The van der Waals surface area contributed by atoms with Gasteiger partial charge >= 0.3 is 0 Å². The summed E-state index contributed by atoms with van der Waals surface area (Å²) in [6.07, 6.45) is -1.53. The van der Waals surface area contributed by atoms with Gasteiger partial charge in [-0.1, -0.05) is 41.5 Å². The molecule has 0 bridgehead atoms. The zero-order chi connectivity index (χ0) is 16.1. The molecule has 3 rings (SSSR count). The molecule has 0 aliphatic rings. The van der Waals surface area contributed by atoms with Gasteiger partial charge in [0.05, 0.1) is 6.54 Å². The summed E-state index contributed by atoms with van der Waals surface area (Å²) in [7, 11) is 0. The summed E-state index contributed by atoms with van der Waals surface area (Å²) in [6, 6.07) is 17.3. The topological polar surface area (TPSA) is 78.2 Å². The van der Waals surface area contributed by atoms with E-state index in [1.54, 1.807) is 11.3 Å². The summed E-state index contributed by atoms with van der Waals surface area (Å²) in [5.74, 6) is 0.706. The molecule has 2 aromatic carbocycles. The standard InChI is InChI=1S/C17H15N3O2S/c18-20-19-11-14(21)17(12-5-2-1-3-6-12)22-15-7-4-8-16-13(15)9-10-23-16/h1-10,14,17,21H,11H2/t14-,17+/m0/s1. The third-order valence-corrected chi connectivity index (χ3v) is 4.40. The Balaban J connectivity index is 1.95. The quantitative estimate of drug-likeness (QED) is 0.405. The predicted octanol–water partition coefficient (Wildman–Crippen LogP) is 4.69. The Morgan fingerprint density at radius 3 is 2.74 bits per heavy atom. The minimum atomic E-state index is -0.929. The molecule has 116 valence electrons. The maximum atomic E-state index is 10.4. The molecule has 0 aliphatic heterocycles. The van der Waals surface area contributed by atoms with Crippen LogP contribution >= 0.6 is 11.3 Å². The van der Waals surface area contributed by atoms with Gasteiger partial charge in [0.25, 0.3) is 0 Å². The Kier molecular flexibility index (Phi) is 4.78. The highest BCUT2D eigenvalue weighted by molar-refractivity contribution is 7.17. The number of azide groups is 1. The van der Waals surface area contributed by atoms with Gasteiger partial charge in [-0.25, -0.2) is 0 Å². The molecule has 5 nitrogen and oxygen atoms in total. The highest BCUT2D eigenvalue weighted by atomic mass is 32.1. The number of thiophene rings is 1. The molecule has 0 spiro atoms.